The van der Waals surface area contributed by atoms with Crippen LogP contribution in [0, 0.1) is 0 Å². The highest BCUT2D eigenvalue weighted by Crippen LogP contribution is 2.29. The van der Waals surface area contributed by atoms with Crippen LogP contribution in [0.3, 0.4) is 0 Å². The molecule has 7 heteroatoms. The smallest absolute Gasteiger partial charge is 0.212 e. The summed E-state index contributed by atoms with van der Waals surface area (Å²) in [6, 6.07) is 5.33. The molecule has 1 aromatic rings. The minimum atomic E-state index is -3.20. The van der Waals surface area contributed by atoms with E-state index in [1.165, 1.54) is 0 Å². The van der Waals surface area contributed by atoms with E-state index in [9.17, 15) is 8.42 Å². The predicted molar refractivity (Wildman–Crippen MR) is 80.3 cm³/mol. The average Bonchev–Trinajstić information content (AvgIpc) is 2.32. The number of sulfonamides is 1. The molecule has 1 aromatic carbocycles. The lowest BCUT2D eigenvalue weighted by molar-refractivity contribution is 0.564. The summed E-state index contributed by atoms with van der Waals surface area (Å²) in [5.74, 6) is 0.0311. The van der Waals surface area contributed by atoms with E-state index < -0.39 is 10.0 Å². The molecule has 0 fully saturated rings. The van der Waals surface area contributed by atoms with Gasteiger partial charge in [0.25, 0.3) is 0 Å². The van der Waals surface area contributed by atoms with Gasteiger partial charge in [-0.05, 0) is 18.6 Å². The molecule has 0 aliphatic heterocycles. The lowest BCUT2D eigenvalue weighted by Gasteiger charge is -2.16. The third-order valence-electron chi connectivity index (χ3n) is 2.63. The Hall–Kier alpha value is -0.330. The Balaban J connectivity index is 2.57. The Morgan fingerprint density at radius 3 is 2.63 bits per heavy atom. The van der Waals surface area contributed by atoms with Gasteiger partial charge < -0.3 is 5.32 Å². The molecule has 0 saturated carbocycles. The number of hydrogen-bond donors (Lipinski definition) is 2. The van der Waals surface area contributed by atoms with Crippen LogP contribution in [-0.4, -0.2) is 27.3 Å². The molecule has 1 unspecified atom stereocenters. The first-order valence-corrected chi connectivity index (χ1v) is 8.43. The van der Waals surface area contributed by atoms with Crippen LogP contribution >= 0.6 is 23.2 Å². The van der Waals surface area contributed by atoms with E-state index in [2.05, 4.69) is 10.0 Å². The highest BCUT2D eigenvalue weighted by molar-refractivity contribution is 7.89. The zero-order valence-electron chi connectivity index (χ0n) is 10.9. The van der Waals surface area contributed by atoms with Crippen LogP contribution < -0.4 is 10.0 Å². The molecule has 2 N–H and O–H groups in total. The van der Waals surface area contributed by atoms with Crippen LogP contribution in [0.4, 0.5) is 0 Å². The standard InChI is InChI=1S/C12H18Cl2N2O2S/c1-3-16-19(17,18)8-7-15-9(2)10-5-4-6-11(13)12(10)14/h4-6,9,15-16H,3,7-8H2,1-2H3. The lowest BCUT2D eigenvalue weighted by Crippen LogP contribution is -2.32. The van der Waals surface area contributed by atoms with Crippen molar-refractivity contribution < 1.29 is 8.42 Å². The second-order valence-electron chi connectivity index (χ2n) is 4.14. The molecular formula is C12H18Cl2N2O2S. The number of hydrogen-bond acceptors (Lipinski definition) is 3. The normalized spacial score (nSPS) is 13.5. The Morgan fingerprint density at radius 2 is 2.00 bits per heavy atom. The van der Waals surface area contributed by atoms with Crippen molar-refractivity contribution in [1.82, 2.24) is 10.0 Å². The molecule has 1 rings (SSSR count). The van der Waals surface area contributed by atoms with Crippen molar-refractivity contribution in [1.29, 1.82) is 0 Å². The monoisotopic (exact) mass is 324 g/mol. The molecule has 0 amide bonds. The first-order chi connectivity index (χ1) is 8.87. The maximum absolute atomic E-state index is 11.5. The minimum absolute atomic E-state index is 0.0311. The van der Waals surface area contributed by atoms with E-state index >= 15 is 0 Å². The van der Waals surface area contributed by atoms with Crippen LogP contribution in [0.25, 0.3) is 0 Å². The quantitative estimate of drug-likeness (QED) is 0.810. The van der Waals surface area contributed by atoms with Gasteiger partial charge in [-0.1, -0.05) is 42.3 Å². The van der Waals surface area contributed by atoms with Crippen LogP contribution in [0.2, 0.25) is 10.0 Å². The fourth-order valence-corrected chi connectivity index (χ4v) is 3.11. The summed E-state index contributed by atoms with van der Waals surface area (Å²) in [7, 11) is -3.20. The zero-order chi connectivity index (χ0) is 14.5. The number of benzene rings is 1. The van der Waals surface area contributed by atoms with Gasteiger partial charge in [0.1, 0.15) is 0 Å². The SMILES string of the molecule is CCNS(=O)(=O)CCNC(C)c1cccc(Cl)c1Cl. The summed E-state index contributed by atoms with van der Waals surface area (Å²) < 4.78 is 25.4. The van der Waals surface area contributed by atoms with E-state index in [1.807, 2.05) is 19.1 Å². The summed E-state index contributed by atoms with van der Waals surface area (Å²) >= 11 is 12.0. The third-order valence-corrected chi connectivity index (χ3v) is 4.94. The summed E-state index contributed by atoms with van der Waals surface area (Å²) in [6.45, 7) is 4.41. The summed E-state index contributed by atoms with van der Waals surface area (Å²) in [6.07, 6.45) is 0. The molecule has 19 heavy (non-hydrogen) atoms. The molecule has 0 spiro atoms. The topological polar surface area (TPSA) is 58.2 Å². The van der Waals surface area contributed by atoms with Gasteiger partial charge in [-0.15, -0.1) is 0 Å². The van der Waals surface area contributed by atoms with Gasteiger partial charge >= 0.3 is 0 Å². The van der Waals surface area contributed by atoms with E-state index in [1.54, 1.807) is 13.0 Å². The van der Waals surface area contributed by atoms with Gasteiger partial charge in [0.15, 0.2) is 0 Å². The highest BCUT2D eigenvalue weighted by atomic mass is 35.5. The van der Waals surface area contributed by atoms with Crippen molar-refractivity contribution in [2.45, 2.75) is 19.9 Å². The van der Waals surface area contributed by atoms with Crippen LogP contribution in [0.15, 0.2) is 18.2 Å². The van der Waals surface area contributed by atoms with Crippen LogP contribution in [0.1, 0.15) is 25.5 Å². The average molecular weight is 325 g/mol. The second-order valence-corrected chi connectivity index (χ2v) is 6.85. The molecule has 0 radical (unpaired) electrons. The van der Waals surface area contributed by atoms with Crippen molar-refractivity contribution in [3.8, 4) is 0 Å². The van der Waals surface area contributed by atoms with Crippen molar-refractivity contribution in [2.75, 3.05) is 18.8 Å². The minimum Gasteiger partial charge on any atom is -0.309 e. The van der Waals surface area contributed by atoms with Gasteiger partial charge in [0, 0.05) is 19.1 Å². The van der Waals surface area contributed by atoms with E-state index in [4.69, 9.17) is 23.2 Å². The van der Waals surface area contributed by atoms with Crippen molar-refractivity contribution >= 4 is 33.2 Å². The van der Waals surface area contributed by atoms with Crippen molar-refractivity contribution in [2.24, 2.45) is 0 Å². The van der Waals surface area contributed by atoms with E-state index in [-0.39, 0.29) is 11.8 Å². The molecule has 108 valence electrons. The predicted octanol–water partition coefficient (Wildman–Crippen LogP) is 2.58. The molecule has 0 saturated heterocycles. The van der Waals surface area contributed by atoms with Crippen molar-refractivity contribution in [3.63, 3.8) is 0 Å². The maximum atomic E-state index is 11.5. The lowest BCUT2D eigenvalue weighted by atomic mass is 10.1. The molecule has 0 bridgehead atoms. The first-order valence-electron chi connectivity index (χ1n) is 6.02. The Morgan fingerprint density at radius 1 is 1.32 bits per heavy atom. The number of rotatable bonds is 7. The fourth-order valence-electron chi connectivity index (χ4n) is 1.67. The van der Waals surface area contributed by atoms with Gasteiger partial charge in [0.2, 0.25) is 10.0 Å². The second kappa shape index (κ2) is 7.45. The Kier molecular flexibility index (Phi) is 6.56. The van der Waals surface area contributed by atoms with Crippen LogP contribution in [-0.2, 0) is 10.0 Å². The molecular weight excluding hydrogens is 307 g/mol. The summed E-state index contributed by atoms with van der Waals surface area (Å²) in [5.41, 5.74) is 0.856. The van der Waals surface area contributed by atoms with E-state index in [0.717, 1.165) is 5.56 Å². The molecule has 0 heterocycles. The number of nitrogens with one attached hydrogen (secondary N) is 2. The molecule has 0 aromatic heterocycles. The zero-order valence-corrected chi connectivity index (χ0v) is 13.2. The molecule has 0 aliphatic carbocycles. The maximum Gasteiger partial charge on any atom is 0.212 e. The number of halogens is 2. The van der Waals surface area contributed by atoms with Gasteiger partial charge in [-0.25, -0.2) is 13.1 Å². The highest BCUT2D eigenvalue weighted by Gasteiger charge is 2.13. The first kappa shape index (κ1) is 16.7. The molecule has 1 atom stereocenters. The fraction of sp³-hybridized carbons (Fsp3) is 0.500. The Bertz CT molecular complexity index is 520. The summed E-state index contributed by atoms with van der Waals surface area (Å²) in [5, 5.41) is 4.11. The molecule has 4 nitrogen and oxygen atoms in total. The Labute approximate surface area is 124 Å². The third kappa shape index (κ3) is 5.28. The largest absolute Gasteiger partial charge is 0.309 e. The van der Waals surface area contributed by atoms with Crippen LogP contribution in [0.5, 0.6) is 0 Å². The van der Waals surface area contributed by atoms with E-state index in [0.29, 0.717) is 23.1 Å². The van der Waals surface area contributed by atoms with Gasteiger partial charge in [0.05, 0.1) is 15.8 Å². The molecule has 0 aliphatic rings. The van der Waals surface area contributed by atoms with Gasteiger partial charge in [-0.3, -0.25) is 0 Å². The van der Waals surface area contributed by atoms with Crippen molar-refractivity contribution in [3.05, 3.63) is 33.8 Å². The van der Waals surface area contributed by atoms with Gasteiger partial charge in [-0.2, -0.15) is 0 Å². The summed E-state index contributed by atoms with van der Waals surface area (Å²) in [4.78, 5) is 0.